The third kappa shape index (κ3) is 3.91. The summed E-state index contributed by atoms with van der Waals surface area (Å²) in [5.41, 5.74) is 3.60. The Hall–Kier alpha value is -2.90. The van der Waals surface area contributed by atoms with Crippen molar-refractivity contribution in [2.75, 3.05) is 32.8 Å². The zero-order valence-corrected chi connectivity index (χ0v) is 17.6. The molecule has 162 valence electrons. The predicted molar refractivity (Wildman–Crippen MR) is 120 cm³/mol. The second-order valence-corrected chi connectivity index (χ2v) is 8.31. The first-order valence-corrected chi connectivity index (χ1v) is 11.1. The number of rotatable bonds is 4. The van der Waals surface area contributed by atoms with Crippen LogP contribution < -0.4 is 11.0 Å². The number of aromatic nitrogens is 2. The first-order valence-electron chi connectivity index (χ1n) is 11.1. The van der Waals surface area contributed by atoms with Crippen molar-refractivity contribution >= 4 is 17.1 Å². The second kappa shape index (κ2) is 8.69. The maximum atomic E-state index is 13.3. The fourth-order valence-corrected chi connectivity index (χ4v) is 4.80. The molecule has 7 heteroatoms. The van der Waals surface area contributed by atoms with E-state index in [1.54, 1.807) is 4.57 Å². The van der Waals surface area contributed by atoms with Crippen molar-refractivity contribution in [1.29, 1.82) is 0 Å². The lowest BCUT2D eigenvalue weighted by molar-refractivity contribution is 0.0364. The zero-order valence-electron chi connectivity index (χ0n) is 17.6. The lowest BCUT2D eigenvalue weighted by Gasteiger charge is -2.26. The Balaban J connectivity index is 1.43. The molecule has 0 bridgehead atoms. The molecule has 3 aromatic rings. The van der Waals surface area contributed by atoms with Crippen LogP contribution in [0.3, 0.4) is 0 Å². The number of imidazole rings is 1. The maximum absolute atomic E-state index is 13.3. The van der Waals surface area contributed by atoms with Crippen LogP contribution in [0.2, 0.25) is 0 Å². The van der Waals surface area contributed by atoms with Crippen LogP contribution in [-0.4, -0.2) is 52.9 Å². The summed E-state index contributed by atoms with van der Waals surface area (Å²) in [4.78, 5) is 28.9. The third-order valence-corrected chi connectivity index (χ3v) is 6.45. The molecule has 2 heterocycles. The smallest absolute Gasteiger partial charge is 0.337 e. The van der Waals surface area contributed by atoms with Crippen molar-refractivity contribution in [3.63, 3.8) is 0 Å². The zero-order chi connectivity index (χ0) is 21.2. The summed E-state index contributed by atoms with van der Waals surface area (Å²) in [5, 5.41) is 3.13. The Kier molecular flexibility index (Phi) is 5.61. The molecule has 1 aliphatic heterocycles. The van der Waals surface area contributed by atoms with Gasteiger partial charge in [-0.15, -0.1) is 0 Å². The van der Waals surface area contributed by atoms with Gasteiger partial charge >= 0.3 is 11.7 Å². The third-order valence-electron chi connectivity index (χ3n) is 6.45. The van der Waals surface area contributed by atoms with Gasteiger partial charge in [-0.25, -0.2) is 14.2 Å². The average Bonchev–Trinajstić information content (AvgIpc) is 3.10. The topological polar surface area (TPSA) is 68.5 Å². The lowest BCUT2D eigenvalue weighted by atomic mass is 9.88. The highest BCUT2D eigenvalue weighted by Gasteiger charge is 2.25. The average molecular weight is 421 g/mol. The number of nitrogens with zero attached hydrogens (tertiary/aromatic N) is 3. The number of fused-ring (bicyclic) bond motifs is 2. The molecular formula is C24H28N4O3. The van der Waals surface area contributed by atoms with Gasteiger partial charge in [0, 0.05) is 26.2 Å². The van der Waals surface area contributed by atoms with Crippen molar-refractivity contribution in [2.45, 2.75) is 31.8 Å². The molecular weight excluding hydrogens is 392 g/mol. The maximum Gasteiger partial charge on any atom is 0.337 e. The predicted octanol–water partition coefficient (Wildman–Crippen LogP) is 2.77. The van der Waals surface area contributed by atoms with E-state index in [1.165, 1.54) is 10.1 Å². The number of carbonyl (C=O) groups is 1. The number of carbonyl (C=O) groups excluding carboxylic acids is 1. The Bertz CT molecular complexity index is 1140. The van der Waals surface area contributed by atoms with Crippen molar-refractivity contribution in [2.24, 2.45) is 0 Å². The molecule has 1 aliphatic carbocycles. The molecule has 7 nitrogen and oxygen atoms in total. The Labute approximate surface area is 181 Å². The standard InChI is InChI=1S/C24H28N4O3/c29-23(25-20-9-5-7-18-6-1-2-8-19(18)20)28-22-11-4-3-10-21(22)27(24(28)30)13-12-26-14-16-31-17-15-26/h1-4,6,8,10-11,20H,5,7,9,12-17H2,(H,25,29)/t20-/m0/s1. The van der Waals surface area contributed by atoms with Gasteiger partial charge in [0.05, 0.1) is 30.3 Å². The summed E-state index contributed by atoms with van der Waals surface area (Å²) < 4.78 is 8.43. The van der Waals surface area contributed by atoms with Crippen LogP contribution in [0.15, 0.2) is 53.3 Å². The molecule has 2 aromatic carbocycles. The van der Waals surface area contributed by atoms with E-state index in [-0.39, 0.29) is 17.8 Å². The van der Waals surface area contributed by atoms with E-state index < -0.39 is 0 Å². The molecule has 0 spiro atoms. The molecule has 1 fully saturated rings. The van der Waals surface area contributed by atoms with Crippen LogP contribution in [0.5, 0.6) is 0 Å². The number of amides is 1. The van der Waals surface area contributed by atoms with Gasteiger partial charge in [-0.1, -0.05) is 36.4 Å². The summed E-state index contributed by atoms with van der Waals surface area (Å²) in [6.45, 7) is 4.49. The summed E-state index contributed by atoms with van der Waals surface area (Å²) in [7, 11) is 0. The lowest BCUT2D eigenvalue weighted by Crippen LogP contribution is -2.41. The number of benzene rings is 2. The molecule has 1 N–H and O–H groups in total. The molecule has 5 rings (SSSR count). The fourth-order valence-electron chi connectivity index (χ4n) is 4.80. The van der Waals surface area contributed by atoms with E-state index in [2.05, 4.69) is 22.3 Å². The van der Waals surface area contributed by atoms with Gasteiger partial charge in [-0.05, 0) is 42.5 Å². The van der Waals surface area contributed by atoms with Gasteiger partial charge in [0.1, 0.15) is 0 Å². The SMILES string of the molecule is O=C(N[C@H]1CCCc2ccccc21)n1c(=O)n(CCN2CCOCC2)c2ccccc21. The van der Waals surface area contributed by atoms with Crippen LogP contribution in [0.25, 0.3) is 11.0 Å². The minimum Gasteiger partial charge on any atom is -0.379 e. The molecule has 1 amide bonds. The second-order valence-electron chi connectivity index (χ2n) is 8.31. The molecule has 1 atom stereocenters. The Morgan fingerprint density at radius 3 is 2.58 bits per heavy atom. The molecule has 0 radical (unpaired) electrons. The van der Waals surface area contributed by atoms with Crippen molar-refractivity contribution in [3.05, 3.63) is 70.1 Å². The monoisotopic (exact) mass is 420 g/mol. The molecule has 0 unspecified atom stereocenters. The largest absolute Gasteiger partial charge is 0.379 e. The normalized spacial score (nSPS) is 19.3. The summed E-state index contributed by atoms with van der Waals surface area (Å²) >= 11 is 0. The van der Waals surface area contributed by atoms with E-state index in [9.17, 15) is 9.59 Å². The highest BCUT2D eigenvalue weighted by Crippen LogP contribution is 2.29. The first kappa shape index (κ1) is 20.0. The molecule has 1 saturated heterocycles. The van der Waals surface area contributed by atoms with Gasteiger partial charge < -0.3 is 10.1 Å². The van der Waals surface area contributed by atoms with Crippen molar-refractivity contribution in [3.8, 4) is 0 Å². The number of ether oxygens (including phenoxy) is 1. The first-order chi connectivity index (χ1) is 15.2. The number of para-hydroxylation sites is 2. The number of hydrogen-bond donors (Lipinski definition) is 1. The summed E-state index contributed by atoms with van der Waals surface area (Å²) in [5.74, 6) is 0. The van der Waals surface area contributed by atoms with Crippen LogP contribution >= 0.6 is 0 Å². The number of hydrogen-bond acceptors (Lipinski definition) is 4. The highest BCUT2D eigenvalue weighted by atomic mass is 16.5. The number of aryl methyl sites for hydroxylation is 1. The quantitative estimate of drug-likeness (QED) is 0.705. The summed E-state index contributed by atoms with van der Waals surface area (Å²) in [6, 6.07) is 15.4. The summed E-state index contributed by atoms with van der Waals surface area (Å²) in [6.07, 6.45) is 2.94. The minimum absolute atomic E-state index is 0.0696. The fraction of sp³-hybridized carbons (Fsp3) is 0.417. The van der Waals surface area contributed by atoms with E-state index in [0.717, 1.165) is 63.2 Å². The molecule has 1 aromatic heterocycles. The van der Waals surface area contributed by atoms with Crippen molar-refractivity contribution < 1.29 is 9.53 Å². The van der Waals surface area contributed by atoms with E-state index in [4.69, 9.17) is 4.74 Å². The molecule has 0 saturated carbocycles. The van der Waals surface area contributed by atoms with Crippen LogP contribution in [0.4, 0.5) is 4.79 Å². The van der Waals surface area contributed by atoms with E-state index >= 15 is 0 Å². The van der Waals surface area contributed by atoms with Gasteiger partial charge in [0.2, 0.25) is 0 Å². The van der Waals surface area contributed by atoms with Crippen LogP contribution in [0, 0.1) is 0 Å². The Morgan fingerprint density at radius 2 is 1.74 bits per heavy atom. The number of nitrogens with one attached hydrogen (secondary N) is 1. The molecule has 31 heavy (non-hydrogen) atoms. The van der Waals surface area contributed by atoms with Gasteiger partial charge in [0.15, 0.2) is 0 Å². The Morgan fingerprint density at radius 1 is 1.00 bits per heavy atom. The van der Waals surface area contributed by atoms with Gasteiger partial charge in [0.25, 0.3) is 0 Å². The van der Waals surface area contributed by atoms with Gasteiger partial charge in [-0.2, -0.15) is 0 Å². The van der Waals surface area contributed by atoms with E-state index in [0.29, 0.717) is 12.1 Å². The minimum atomic E-state index is -0.354. The van der Waals surface area contributed by atoms with Crippen molar-refractivity contribution in [1.82, 2.24) is 19.4 Å². The molecule has 2 aliphatic rings. The van der Waals surface area contributed by atoms with Gasteiger partial charge in [-0.3, -0.25) is 9.47 Å². The number of morpholine rings is 1. The van der Waals surface area contributed by atoms with Crippen LogP contribution in [-0.2, 0) is 17.7 Å². The van der Waals surface area contributed by atoms with E-state index in [1.807, 2.05) is 36.4 Å². The van der Waals surface area contributed by atoms with Crippen LogP contribution in [0.1, 0.15) is 30.0 Å². The highest BCUT2D eigenvalue weighted by molar-refractivity contribution is 5.89.